The Morgan fingerprint density at radius 2 is 1.94 bits per heavy atom. The maximum Gasteiger partial charge on any atom is 0.251 e. The second-order valence-corrected chi connectivity index (χ2v) is 9.06. The lowest BCUT2D eigenvalue weighted by Gasteiger charge is -2.12. The first kappa shape index (κ1) is 23.7. The highest BCUT2D eigenvalue weighted by molar-refractivity contribution is 7.89. The molecule has 1 aliphatic rings. The molecule has 1 aliphatic heterocycles. The normalized spacial score (nSPS) is 15.8. The van der Waals surface area contributed by atoms with E-state index in [2.05, 4.69) is 15.4 Å². The molecule has 3 N–H and O–H groups in total. The molecule has 2 amide bonds. The summed E-state index contributed by atoms with van der Waals surface area (Å²) in [7, 11) is -2.13. The molecule has 0 bridgehead atoms. The van der Waals surface area contributed by atoms with Crippen LogP contribution >= 0.6 is 0 Å². The molecule has 0 aliphatic carbocycles. The van der Waals surface area contributed by atoms with Gasteiger partial charge in [0.15, 0.2) is 0 Å². The van der Waals surface area contributed by atoms with Gasteiger partial charge >= 0.3 is 0 Å². The number of nitrogens with one attached hydrogen (secondary N) is 3. The van der Waals surface area contributed by atoms with Crippen molar-refractivity contribution in [2.45, 2.75) is 30.3 Å². The zero-order valence-electron chi connectivity index (χ0n) is 17.8. The van der Waals surface area contributed by atoms with Gasteiger partial charge in [0.25, 0.3) is 5.91 Å². The van der Waals surface area contributed by atoms with E-state index in [9.17, 15) is 18.0 Å². The van der Waals surface area contributed by atoms with E-state index in [0.29, 0.717) is 23.6 Å². The van der Waals surface area contributed by atoms with Crippen LogP contribution in [0.25, 0.3) is 0 Å². The van der Waals surface area contributed by atoms with Crippen molar-refractivity contribution in [1.29, 1.82) is 0 Å². The van der Waals surface area contributed by atoms with E-state index in [0.717, 1.165) is 12.8 Å². The van der Waals surface area contributed by atoms with Gasteiger partial charge in [-0.3, -0.25) is 9.59 Å². The van der Waals surface area contributed by atoms with Gasteiger partial charge < -0.3 is 20.1 Å². The molecule has 9 nitrogen and oxygen atoms in total. The van der Waals surface area contributed by atoms with Crippen LogP contribution in [-0.4, -0.2) is 53.1 Å². The van der Waals surface area contributed by atoms with Gasteiger partial charge in [-0.05, 0) is 55.3 Å². The Hall–Kier alpha value is -2.95. The van der Waals surface area contributed by atoms with Gasteiger partial charge in [0.2, 0.25) is 15.9 Å². The highest BCUT2D eigenvalue weighted by Crippen LogP contribution is 2.16. The fourth-order valence-electron chi connectivity index (χ4n) is 3.19. The molecule has 32 heavy (non-hydrogen) atoms. The van der Waals surface area contributed by atoms with E-state index in [1.54, 1.807) is 24.3 Å². The SMILES string of the molecule is COc1cccc(C(=O)NCCC(=O)Nc2ccc(S(=O)(=O)NCC3CCCO3)cc2)c1. The fourth-order valence-corrected chi connectivity index (χ4v) is 4.25. The Balaban J connectivity index is 1.44. The van der Waals surface area contributed by atoms with Gasteiger partial charge in [-0.25, -0.2) is 13.1 Å². The molecular weight excluding hydrogens is 434 g/mol. The summed E-state index contributed by atoms with van der Waals surface area (Å²) in [6.07, 6.45) is 1.75. The summed E-state index contributed by atoms with van der Waals surface area (Å²) in [5.74, 6) is -0.0345. The lowest BCUT2D eigenvalue weighted by molar-refractivity contribution is -0.116. The van der Waals surface area contributed by atoms with Crippen LogP contribution in [0, 0.1) is 0 Å². The molecule has 0 radical (unpaired) electrons. The summed E-state index contributed by atoms with van der Waals surface area (Å²) in [5, 5.41) is 5.36. The summed E-state index contributed by atoms with van der Waals surface area (Å²) in [6.45, 7) is 1.05. The minimum atomic E-state index is -3.65. The van der Waals surface area contributed by atoms with Gasteiger partial charge in [0.1, 0.15) is 5.75 Å². The predicted octanol–water partition coefficient (Wildman–Crippen LogP) is 1.91. The lowest BCUT2D eigenvalue weighted by Crippen LogP contribution is -2.31. The zero-order valence-corrected chi connectivity index (χ0v) is 18.6. The molecule has 10 heteroatoms. The Kier molecular flexibility index (Phi) is 8.20. The Bertz CT molecular complexity index is 1030. The number of anilines is 1. The average molecular weight is 462 g/mol. The lowest BCUT2D eigenvalue weighted by atomic mass is 10.2. The number of amides is 2. The Labute approximate surface area is 187 Å². The minimum absolute atomic E-state index is 0.0682. The fraction of sp³-hybridized carbons (Fsp3) is 0.364. The maximum absolute atomic E-state index is 12.4. The van der Waals surface area contributed by atoms with Crippen molar-refractivity contribution in [3.8, 4) is 5.75 Å². The number of methoxy groups -OCH3 is 1. The molecule has 2 aromatic carbocycles. The molecule has 1 heterocycles. The smallest absolute Gasteiger partial charge is 0.251 e. The van der Waals surface area contributed by atoms with Crippen molar-refractivity contribution in [3.05, 3.63) is 54.1 Å². The van der Waals surface area contributed by atoms with Crippen LogP contribution in [0.15, 0.2) is 53.4 Å². The molecule has 2 aromatic rings. The predicted molar refractivity (Wildman–Crippen MR) is 119 cm³/mol. The van der Waals surface area contributed by atoms with Crippen molar-refractivity contribution in [3.63, 3.8) is 0 Å². The van der Waals surface area contributed by atoms with E-state index in [1.165, 1.54) is 31.4 Å². The second-order valence-electron chi connectivity index (χ2n) is 7.30. The van der Waals surface area contributed by atoms with Crippen molar-refractivity contribution in [2.24, 2.45) is 0 Å². The Morgan fingerprint density at radius 1 is 1.16 bits per heavy atom. The van der Waals surface area contributed by atoms with E-state index >= 15 is 0 Å². The maximum atomic E-state index is 12.4. The van der Waals surface area contributed by atoms with Crippen molar-refractivity contribution in [1.82, 2.24) is 10.0 Å². The molecule has 0 aromatic heterocycles. The quantitative estimate of drug-likeness (QED) is 0.497. The average Bonchev–Trinajstić information content (AvgIpc) is 3.32. The number of carbonyl (C=O) groups excluding carboxylic acids is 2. The van der Waals surface area contributed by atoms with Crippen molar-refractivity contribution < 1.29 is 27.5 Å². The summed E-state index contributed by atoms with van der Waals surface area (Å²) < 4.78 is 37.8. The van der Waals surface area contributed by atoms with Crippen LogP contribution in [0.2, 0.25) is 0 Å². The third-order valence-corrected chi connectivity index (χ3v) is 6.38. The van der Waals surface area contributed by atoms with Crippen molar-refractivity contribution >= 4 is 27.5 Å². The third kappa shape index (κ3) is 6.78. The zero-order chi connectivity index (χ0) is 23.0. The van der Waals surface area contributed by atoms with Crippen molar-refractivity contribution in [2.75, 3.05) is 32.1 Å². The first-order chi connectivity index (χ1) is 15.4. The monoisotopic (exact) mass is 461 g/mol. The van der Waals surface area contributed by atoms with E-state index in [4.69, 9.17) is 9.47 Å². The number of hydrogen-bond donors (Lipinski definition) is 3. The van der Waals surface area contributed by atoms with Crippen LogP contribution in [0.1, 0.15) is 29.6 Å². The molecular formula is C22H27N3O6S. The topological polar surface area (TPSA) is 123 Å². The van der Waals surface area contributed by atoms with Crippen LogP contribution in [-0.2, 0) is 19.6 Å². The van der Waals surface area contributed by atoms with Crippen LogP contribution in [0.4, 0.5) is 5.69 Å². The van der Waals surface area contributed by atoms with Gasteiger partial charge in [-0.1, -0.05) is 6.07 Å². The molecule has 0 saturated carbocycles. The first-order valence-corrected chi connectivity index (χ1v) is 11.8. The van der Waals surface area contributed by atoms with Gasteiger partial charge in [-0.2, -0.15) is 0 Å². The van der Waals surface area contributed by atoms with Crippen LogP contribution in [0.3, 0.4) is 0 Å². The first-order valence-electron chi connectivity index (χ1n) is 10.3. The van der Waals surface area contributed by atoms with E-state index in [1.807, 2.05) is 0 Å². The number of sulfonamides is 1. The van der Waals surface area contributed by atoms with Crippen LogP contribution in [0.5, 0.6) is 5.75 Å². The Morgan fingerprint density at radius 3 is 2.62 bits per heavy atom. The molecule has 1 saturated heterocycles. The largest absolute Gasteiger partial charge is 0.497 e. The highest BCUT2D eigenvalue weighted by Gasteiger charge is 2.20. The second kappa shape index (κ2) is 11.1. The molecule has 0 spiro atoms. The molecule has 172 valence electrons. The molecule has 1 unspecified atom stereocenters. The summed E-state index contributed by atoms with van der Waals surface area (Å²) >= 11 is 0. The van der Waals surface area contributed by atoms with E-state index < -0.39 is 10.0 Å². The number of hydrogen-bond acceptors (Lipinski definition) is 6. The summed E-state index contributed by atoms with van der Waals surface area (Å²) in [5.41, 5.74) is 0.904. The standard InChI is InChI=1S/C22H27N3O6S/c1-30-18-5-2-4-16(14-18)22(27)23-12-11-21(26)25-17-7-9-20(10-8-17)32(28,29)24-15-19-6-3-13-31-19/h2,4-5,7-10,14,19,24H,3,6,11-13,15H2,1H3,(H,23,27)(H,25,26). The van der Waals surface area contributed by atoms with Gasteiger partial charge in [0.05, 0.1) is 18.1 Å². The van der Waals surface area contributed by atoms with Gasteiger partial charge in [-0.15, -0.1) is 0 Å². The van der Waals surface area contributed by atoms with Crippen LogP contribution < -0.4 is 20.1 Å². The number of carbonyl (C=O) groups is 2. The summed E-state index contributed by atoms with van der Waals surface area (Å²) in [4.78, 5) is 24.4. The van der Waals surface area contributed by atoms with E-state index in [-0.39, 0.29) is 42.3 Å². The number of benzene rings is 2. The summed E-state index contributed by atoms with van der Waals surface area (Å²) in [6, 6.07) is 12.6. The van der Waals surface area contributed by atoms with Gasteiger partial charge in [0, 0.05) is 37.4 Å². The molecule has 3 rings (SSSR count). The highest BCUT2D eigenvalue weighted by atomic mass is 32.2. The number of ether oxygens (including phenoxy) is 2. The number of rotatable bonds is 10. The molecule has 1 fully saturated rings. The third-order valence-electron chi connectivity index (χ3n) is 4.94. The molecule has 1 atom stereocenters. The minimum Gasteiger partial charge on any atom is -0.497 e.